The Morgan fingerprint density at radius 2 is 2.06 bits per heavy atom. The Kier molecular flexibility index (Phi) is 4.32. The van der Waals surface area contributed by atoms with Crippen LogP contribution < -0.4 is 11.1 Å². The molecule has 0 saturated heterocycles. The number of nitrogens with two attached hydrogens (primary N) is 1. The van der Waals surface area contributed by atoms with Gasteiger partial charge in [-0.25, -0.2) is 0 Å². The third-order valence-corrected chi connectivity index (χ3v) is 4.03. The average molecular weight is 330 g/mol. The van der Waals surface area contributed by atoms with Crippen molar-refractivity contribution >= 4 is 34.0 Å². The predicted octanol–water partition coefficient (Wildman–Crippen LogP) is 3.87. The van der Waals surface area contributed by atoms with Crippen LogP contribution in [-0.2, 0) is 0 Å². The quantitative estimate of drug-likeness (QED) is 0.650. The van der Waals surface area contributed by atoms with Gasteiger partial charge in [0.25, 0.3) is 0 Å². The normalized spacial score (nSPS) is 16.6. The lowest BCUT2D eigenvalue weighted by atomic mass is 10.0. The van der Waals surface area contributed by atoms with E-state index in [2.05, 4.69) is 40.0 Å². The summed E-state index contributed by atoms with van der Waals surface area (Å²) < 4.78 is 1.19. The van der Waals surface area contributed by atoms with E-state index in [9.17, 15) is 0 Å². The van der Waals surface area contributed by atoms with Crippen molar-refractivity contribution in [2.75, 3.05) is 17.6 Å². The van der Waals surface area contributed by atoms with Crippen molar-refractivity contribution in [1.82, 2.24) is 0 Å². The summed E-state index contributed by atoms with van der Waals surface area (Å²) in [4.78, 5) is 0. The Bertz CT molecular complexity index is 346. The fraction of sp³-hybridized carbons (Fsp3) is 0.538. The number of benzene rings is 1. The van der Waals surface area contributed by atoms with E-state index in [1.54, 1.807) is 0 Å². The van der Waals surface area contributed by atoms with Crippen molar-refractivity contribution in [1.29, 1.82) is 0 Å². The van der Waals surface area contributed by atoms with Crippen LogP contribution in [-0.4, -0.2) is 6.54 Å². The lowest BCUT2D eigenvalue weighted by Gasteiger charge is -2.12. The van der Waals surface area contributed by atoms with Crippen molar-refractivity contribution in [3.63, 3.8) is 0 Å². The average Bonchev–Trinajstić information content (AvgIpc) is 2.74. The van der Waals surface area contributed by atoms with Gasteiger partial charge in [0.1, 0.15) is 0 Å². The third kappa shape index (κ3) is 3.27. The molecule has 0 amide bonds. The van der Waals surface area contributed by atoms with Gasteiger partial charge in [-0.05, 0) is 53.1 Å². The van der Waals surface area contributed by atoms with Gasteiger partial charge in [-0.2, -0.15) is 0 Å². The maximum absolute atomic E-state index is 5.95. The van der Waals surface area contributed by atoms with E-state index < -0.39 is 0 Å². The van der Waals surface area contributed by atoms with Crippen LogP contribution >= 0.6 is 22.6 Å². The van der Waals surface area contributed by atoms with Crippen LogP contribution in [0.1, 0.15) is 32.1 Å². The minimum Gasteiger partial charge on any atom is -0.397 e. The summed E-state index contributed by atoms with van der Waals surface area (Å²) in [5.41, 5.74) is 7.89. The third-order valence-electron chi connectivity index (χ3n) is 3.36. The molecule has 1 saturated carbocycles. The zero-order chi connectivity index (χ0) is 11.4. The molecule has 1 aromatic rings. The minimum absolute atomic E-state index is 0.860. The molecule has 2 rings (SSSR count). The van der Waals surface area contributed by atoms with Crippen molar-refractivity contribution < 1.29 is 0 Å². The monoisotopic (exact) mass is 330 g/mol. The first kappa shape index (κ1) is 12.0. The molecule has 1 aliphatic rings. The van der Waals surface area contributed by atoms with Crippen molar-refractivity contribution in [3.8, 4) is 0 Å². The molecule has 2 nitrogen and oxygen atoms in total. The predicted molar refractivity (Wildman–Crippen MR) is 78.6 cm³/mol. The summed E-state index contributed by atoms with van der Waals surface area (Å²) in [7, 11) is 0. The molecule has 0 radical (unpaired) electrons. The molecule has 0 aromatic heterocycles. The van der Waals surface area contributed by atoms with Gasteiger partial charge in [-0.15, -0.1) is 0 Å². The topological polar surface area (TPSA) is 38.0 Å². The second kappa shape index (κ2) is 5.75. The molecule has 3 heteroatoms. The Labute approximate surface area is 111 Å². The Balaban J connectivity index is 1.80. The molecule has 16 heavy (non-hydrogen) atoms. The van der Waals surface area contributed by atoms with Gasteiger partial charge >= 0.3 is 0 Å². The standard InChI is InChI=1S/C13H19IN2/c14-11-5-6-13(12(15)9-11)16-8-7-10-3-1-2-4-10/h5-6,9-10,16H,1-4,7-8,15H2. The van der Waals surface area contributed by atoms with Gasteiger partial charge in [0.05, 0.1) is 11.4 Å². The molecule has 0 unspecified atom stereocenters. The minimum atomic E-state index is 0.860. The Morgan fingerprint density at radius 3 is 2.75 bits per heavy atom. The first-order valence-electron chi connectivity index (χ1n) is 6.04. The van der Waals surface area contributed by atoms with E-state index in [0.29, 0.717) is 0 Å². The van der Waals surface area contributed by atoms with Gasteiger partial charge in [-0.1, -0.05) is 25.7 Å². The Hall–Kier alpha value is -0.450. The van der Waals surface area contributed by atoms with Crippen LogP contribution in [0.5, 0.6) is 0 Å². The maximum Gasteiger partial charge on any atom is 0.0574 e. The number of nitrogen functional groups attached to an aromatic ring is 1. The van der Waals surface area contributed by atoms with Gasteiger partial charge in [-0.3, -0.25) is 0 Å². The summed E-state index contributed by atoms with van der Waals surface area (Å²) in [5.74, 6) is 0.942. The molecule has 3 N–H and O–H groups in total. The molecule has 0 atom stereocenters. The summed E-state index contributed by atoms with van der Waals surface area (Å²) in [5, 5.41) is 3.44. The zero-order valence-electron chi connectivity index (χ0n) is 9.51. The van der Waals surface area contributed by atoms with Crippen LogP contribution in [0.15, 0.2) is 18.2 Å². The smallest absolute Gasteiger partial charge is 0.0574 e. The maximum atomic E-state index is 5.95. The largest absolute Gasteiger partial charge is 0.397 e. The number of hydrogen-bond acceptors (Lipinski definition) is 2. The summed E-state index contributed by atoms with van der Waals surface area (Å²) in [6, 6.07) is 6.18. The second-order valence-electron chi connectivity index (χ2n) is 4.60. The molecule has 0 heterocycles. The van der Waals surface area contributed by atoms with Crippen LogP contribution in [0.4, 0.5) is 11.4 Å². The lowest BCUT2D eigenvalue weighted by Crippen LogP contribution is -2.08. The second-order valence-corrected chi connectivity index (χ2v) is 5.84. The number of hydrogen-bond donors (Lipinski definition) is 2. The Morgan fingerprint density at radius 1 is 1.31 bits per heavy atom. The molecule has 88 valence electrons. The first-order chi connectivity index (χ1) is 7.75. The summed E-state index contributed by atoms with van der Waals surface area (Å²) in [6.07, 6.45) is 6.98. The number of nitrogens with one attached hydrogen (secondary N) is 1. The van der Waals surface area contributed by atoms with E-state index >= 15 is 0 Å². The molecule has 1 aliphatic carbocycles. The number of anilines is 2. The van der Waals surface area contributed by atoms with Crippen LogP contribution in [0.2, 0.25) is 0 Å². The van der Waals surface area contributed by atoms with Crippen molar-refractivity contribution in [2.45, 2.75) is 32.1 Å². The van der Waals surface area contributed by atoms with Gasteiger partial charge < -0.3 is 11.1 Å². The summed E-state index contributed by atoms with van der Waals surface area (Å²) in [6.45, 7) is 1.05. The number of halogens is 1. The highest BCUT2D eigenvalue weighted by atomic mass is 127. The fourth-order valence-electron chi connectivity index (χ4n) is 2.40. The molecule has 1 aromatic carbocycles. The van der Waals surface area contributed by atoms with E-state index in [1.807, 2.05) is 6.07 Å². The van der Waals surface area contributed by atoms with Gasteiger partial charge in [0.15, 0.2) is 0 Å². The van der Waals surface area contributed by atoms with E-state index in [1.165, 1.54) is 35.7 Å². The van der Waals surface area contributed by atoms with Crippen LogP contribution in [0.3, 0.4) is 0 Å². The first-order valence-corrected chi connectivity index (χ1v) is 7.12. The highest BCUT2D eigenvalue weighted by molar-refractivity contribution is 14.1. The van der Waals surface area contributed by atoms with Gasteiger partial charge in [0.2, 0.25) is 0 Å². The molecule has 0 bridgehead atoms. The molecular weight excluding hydrogens is 311 g/mol. The molecule has 0 spiro atoms. The molecule has 1 fully saturated rings. The van der Waals surface area contributed by atoms with Crippen molar-refractivity contribution in [2.24, 2.45) is 5.92 Å². The lowest BCUT2D eigenvalue weighted by molar-refractivity contribution is 0.519. The summed E-state index contributed by atoms with van der Waals surface area (Å²) >= 11 is 2.28. The molecular formula is C13H19IN2. The van der Waals surface area contributed by atoms with E-state index in [4.69, 9.17) is 5.73 Å². The highest BCUT2D eigenvalue weighted by Gasteiger charge is 2.14. The zero-order valence-corrected chi connectivity index (χ0v) is 11.7. The highest BCUT2D eigenvalue weighted by Crippen LogP contribution is 2.28. The van der Waals surface area contributed by atoms with E-state index in [-0.39, 0.29) is 0 Å². The van der Waals surface area contributed by atoms with Gasteiger partial charge in [0, 0.05) is 10.1 Å². The van der Waals surface area contributed by atoms with Crippen molar-refractivity contribution in [3.05, 3.63) is 21.8 Å². The van der Waals surface area contributed by atoms with Crippen LogP contribution in [0.25, 0.3) is 0 Å². The van der Waals surface area contributed by atoms with E-state index in [0.717, 1.165) is 23.8 Å². The SMILES string of the molecule is Nc1cc(I)ccc1NCCC1CCCC1. The molecule has 0 aliphatic heterocycles. The fourth-order valence-corrected chi connectivity index (χ4v) is 2.92. The number of rotatable bonds is 4. The van der Waals surface area contributed by atoms with Crippen LogP contribution in [0, 0.1) is 9.49 Å².